The van der Waals surface area contributed by atoms with Crippen LogP contribution in [0.4, 0.5) is 11.5 Å². The van der Waals surface area contributed by atoms with Gasteiger partial charge < -0.3 is 15.8 Å². The zero-order chi connectivity index (χ0) is 21.2. The molecule has 156 valence electrons. The quantitative estimate of drug-likeness (QED) is 0.504. The minimum Gasteiger partial charge on any atom is -0.373 e. The average molecular weight is 418 g/mol. The second-order valence-corrected chi connectivity index (χ2v) is 7.85. The first-order valence-electron chi connectivity index (χ1n) is 9.85. The Kier molecular flexibility index (Phi) is 3.60. The SMILES string of the molecule is NC(=O)c1cnn2ccc(Nc3cccn(-c4cc5n(n4)C4(CC4)COC5)c3=O)nc12. The highest BCUT2D eigenvalue weighted by Gasteiger charge is 2.49. The molecule has 6 rings (SSSR count). The Morgan fingerprint density at radius 3 is 2.94 bits per heavy atom. The molecule has 1 fully saturated rings. The standard InChI is InChI=1S/C20H18N8O3/c21-17(29)13-9-22-27-7-3-15(24-18(13)27)23-14-2-1-6-26(19(14)30)16-8-12-10-31-11-20(4-5-20)28(12)25-16/h1-3,6-9H,4-5,10-11H2,(H2,21,29)(H,23,24). The number of nitrogens with two attached hydrogens (primary N) is 1. The fourth-order valence-corrected chi connectivity index (χ4v) is 3.96. The molecular weight excluding hydrogens is 400 g/mol. The number of anilines is 2. The third kappa shape index (κ3) is 2.74. The lowest BCUT2D eigenvalue weighted by molar-refractivity contribution is 0.0410. The molecule has 11 nitrogen and oxygen atoms in total. The van der Waals surface area contributed by atoms with Crippen LogP contribution in [0.25, 0.3) is 11.5 Å². The van der Waals surface area contributed by atoms with Gasteiger partial charge in [-0.2, -0.15) is 10.2 Å². The number of rotatable bonds is 4. The van der Waals surface area contributed by atoms with E-state index in [0.717, 1.165) is 18.5 Å². The van der Waals surface area contributed by atoms with E-state index in [2.05, 4.69) is 15.4 Å². The summed E-state index contributed by atoms with van der Waals surface area (Å²) in [6, 6.07) is 6.97. The molecular formula is C20H18N8O3. The lowest BCUT2D eigenvalue weighted by Gasteiger charge is -2.23. The van der Waals surface area contributed by atoms with Crippen LogP contribution in [0.5, 0.6) is 0 Å². The number of carbonyl (C=O) groups excluding carboxylic acids is 1. The molecule has 1 amide bonds. The number of amides is 1. The molecule has 0 radical (unpaired) electrons. The van der Waals surface area contributed by atoms with E-state index in [9.17, 15) is 9.59 Å². The van der Waals surface area contributed by atoms with Gasteiger partial charge in [0, 0.05) is 18.5 Å². The van der Waals surface area contributed by atoms with Crippen molar-refractivity contribution in [3.05, 3.63) is 64.5 Å². The maximum atomic E-state index is 13.2. The summed E-state index contributed by atoms with van der Waals surface area (Å²) in [4.78, 5) is 29.1. The summed E-state index contributed by atoms with van der Waals surface area (Å²) in [6.07, 6.45) is 6.75. The minimum atomic E-state index is -0.622. The predicted octanol–water partition coefficient (Wildman–Crippen LogP) is 0.938. The maximum Gasteiger partial charge on any atom is 0.280 e. The van der Waals surface area contributed by atoms with E-state index in [-0.39, 0.29) is 16.7 Å². The van der Waals surface area contributed by atoms with Crippen molar-refractivity contribution in [1.82, 2.24) is 28.9 Å². The summed E-state index contributed by atoms with van der Waals surface area (Å²) in [7, 11) is 0. The number of primary amides is 1. The largest absolute Gasteiger partial charge is 0.373 e. The lowest BCUT2D eigenvalue weighted by atomic mass is 10.2. The molecule has 11 heteroatoms. The van der Waals surface area contributed by atoms with Crippen LogP contribution in [0.3, 0.4) is 0 Å². The summed E-state index contributed by atoms with van der Waals surface area (Å²) in [5, 5.41) is 11.8. The van der Waals surface area contributed by atoms with Crippen molar-refractivity contribution < 1.29 is 9.53 Å². The second kappa shape index (κ2) is 6.25. The topological polar surface area (TPSA) is 134 Å². The van der Waals surface area contributed by atoms with Gasteiger partial charge in [0.15, 0.2) is 11.5 Å². The van der Waals surface area contributed by atoms with Gasteiger partial charge in [-0.15, -0.1) is 0 Å². The number of nitrogens with one attached hydrogen (secondary N) is 1. The zero-order valence-electron chi connectivity index (χ0n) is 16.4. The van der Waals surface area contributed by atoms with Gasteiger partial charge in [0.2, 0.25) is 0 Å². The molecule has 0 unspecified atom stereocenters. The summed E-state index contributed by atoms with van der Waals surface area (Å²) in [5.74, 6) is 0.318. The number of aromatic nitrogens is 6. The van der Waals surface area contributed by atoms with Crippen molar-refractivity contribution in [1.29, 1.82) is 0 Å². The molecule has 0 bridgehead atoms. The number of ether oxygens (including phenoxy) is 1. The minimum absolute atomic E-state index is 0.0476. The monoisotopic (exact) mass is 418 g/mol. The Bertz CT molecular complexity index is 1410. The van der Waals surface area contributed by atoms with Gasteiger partial charge in [-0.25, -0.2) is 9.50 Å². The van der Waals surface area contributed by atoms with Crippen LogP contribution in [0.15, 0.2) is 47.7 Å². The van der Waals surface area contributed by atoms with Crippen molar-refractivity contribution in [2.75, 3.05) is 11.9 Å². The smallest absolute Gasteiger partial charge is 0.280 e. The molecule has 0 aromatic carbocycles. The Balaban J connectivity index is 1.37. The van der Waals surface area contributed by atoms with E-state index >= 15 is 0 Å². The van der Waals surface area contributed by atoms with Crippen molar-refractivity contribution in [2.24, 2.45) is 5.73 Å². The van der Waals surface area contributed by atoms with E-state index in [0.29, 0.717) is 36.2 Å². The molecule has 2 aliphatic rings. The van der Waals surface area contributed by atoms with Crippen LogP contribution in [-0.4, -0.2) is 41.5 Å². The fraction of sp³-hybridized carbons (Fsp3) is 0.250. The Morgan fingerprint density at radius 2 is 2.13 bits per heavy atom. The van der Waals surface area contributed by atoms with Crippen molar-refractivity contribution >= 4 is 23.1 Å². The predicted molar refractivity (Wildman–Crippen MR) is 109 cm³/mol. The number of carbonyl (C=O) groups is 1. The summed E-state index contributed by atoms with van der Waals surface area (Å²) < 4.78 is 10.7. The van der Waals surface area contributed by atoms with Crippen molar-refractivity contribution in [3.63, 3.8) is 0 Å². The van der Waals surface area contributed by atoms with Crippen LogP contribution >= 0.6 is 0 Å². The van der Waals surface area contributed by atoms with Crippen LogP contribution in [-0.2, 0) is 16.9 Å². The third-order valence-corrected chi connectivity index (χ3v) is 5.76. The van der Waals surface area contributed by atoms with Crippen molar-refractivity contribution in [3.8, 4) is 5.82 Å². The highest BCUT2D eigenvalue weighted by Crippen LogP contribution is 2.46. The summed E-state index contributed by atoms with van der Waals surface area (Å²) in [6.45, 7) is 1.15. The Labute approximate surface area is 175 Å². The number of nitrogens with zero attached hydrogens (tertiary/aromatic N) is 6. The lowest BCUT2D eigenvalue weighted by Crippen LogP contribution is -2.31. The molecule has 0 atom stereocenters. The Hall–Kier alpha value is -3.99. The van der Waals surface area contributed by atoms with Crippen LogP contribution < -0.4 is 16.6 Å². The van der Waals surface area contributed by atoms with Gasteiger partial charge in [-0.3, -0.25) is 18.8 Å². The van der Waals surface area contributed by atoms with E-state index in [1.807, 2.05) is 10.7 Å². The summed E-state index contributed by atoms with van der Waals surface area (Å²) >= 11 is 0. The Morgan fingerprint density at radius 1 is 1.26 bits per heavy atom. The van der Waals surface area contributed by atoms with Gasteiger partial charge >= 0.3 is 0 Å². The number of fused-ring (bicyclic) bond motifs is 3. The summed E-state index contributed by atoms with van der Waals surface area (Å²) in [5.41, 5.74) is 6.86. The number of hydrogen-bond acceptors (Lipinski definition) is 7. The number of pyridine rings is 1. The molecule has 3 N–H and O–H groups in total. The van der Waals surface area contributed by atoms with Gasteiger partial charge in [0.1, 0.15) is 17.1 Å². The molecule has 1 aliphatic heterocycles. The van der Waals surface area contributed by atoms with Crippen LogP contribution in [0.2, 0.25) is 0 Å². The normalized spacial score (nSPS) is 16.4. The molecule has 1 saturated carbocycles. The highest BCUT2D eigenvalue weighted by molar-refractivity contribution is 5.98. The van der Waals surface area contributed by atoms with Gasteiger partial charge in [-0.1, -0.05) is 0 Å². The first-order chi connectivity index (χ1) is 15.0. The van der Waals surface area contributed by atoms with Gasteiger partial charge in [-0.05, 0) is 31.0 Å². The molecule has 5 heterocycles. The van der Waals surface area contributed by atoms with Crippen molar-refractivity contribution in [2.45, 2.75) is 25.0 Å². The third-order valence-electron chi connectivity index (χ3n) is 5.76. The van der Waals surface area contributed by atoms with E-state index in [4.69, 9.17) is 15.6 Å². The maximum absolute atomic E-state index is 13.2. The van der Waals surface area contributed by atoms with E-state index in [1.54, 1.807) is 30.6 Å². The fourth-order valence-electron chi connectivity index (χ4n) is 3.96. The van der Waals surface area contributed by atoms with Crippen LogP contribution in [0.1, 0.15) is 28.9 Å². The first-order valence-corrected chi connectivity index (χ1v) is 9.85. The second-order valence-electron chi connectivity index (χ2n) is 7.85. The first kappa shape index (κ1) is 17.8. The van der Waals surface area contributed by atoms with E-state index < -0.39 is 5.91 Å². The molecule has 4 aromatic rings. The van der Waals surface area contributed by atoms with Gasteiger partial charge in [0.05, 0.1) is 30.6 Å². The molecule has 0 saturated heterocycles. The van der Waals surface area contributed by atoms with E-state index in [1.165, 1.54) is 15.3 Å². The van der Waals surface area contributed by atoms with Gasteiger partial charge in [0.25, 0.3) is 11.5 Å². The van der Waals surface area contributed by atoms with Crippen LogP contribution in [0, 0.1) is 0 Å². The molecule has 1 spiro atoms. The molecule has 31 heavy (non-hydrogen) atoms. The molecule has 4 aromatic heterocycles. The number of hydrogen-bond donors (Lipinski definition) is 2. The highest BCUT2D eigenvalue weighted by atomic mass is 16.5. The average Bonchev–Trinajstić information content (AvgIpc) is 3.19. The molecule has 1 aliphatic carbocycles. The zero-order valence-corrected chi connectivity index (χ0v) is 16.4.